The number of carbonyl (C=O) groups is 3. The molecule has 2 rings (SSSR count). The summed E-state index contributed by atoms with van der Waals surface area (Å²) < 4.78 is 0. The number of fused-ring (bicyclic) bond motifs is 1. The van der Waals surface area contributed by atoms with Crippen LogP contribution in [0.4, 0.5) is 0 Å². The molecule has 0 aromatic heterocycles. The Bertz CT molecular complexity index is 306. The van der Waals surface area contributed by atoms with Crippen LogP contribution in [0.5, 0.6) is 0 Å². The maximum Gasteiger partial charge on any atom is 0.304 e. The minimum Gasteiger partial charge on any atom is -0.481 e. The first-order valence-electron chi connectivity index (χ1n) is 4.87. The van der Waals surface area contributed by atoms with E-state index in [1.165, 1.54) is 0 Å². The van der Waals surface area contributed by atoms with Gasteiger partial charge in [-0.25, -0.2) is 0 Å². The maximum atomic E-state index is 11.3. The number of carboxylic acids is 1. The first-order valence-corrected chi connectivity index (χ1v) is 4.87. The van der Waals surface area contributed by atoms with Gasteiger partial charge in [-0.05, 0) is 0 Å². The van der Waals surface area contributed by atoms with Crippen molar-refractivity contribution in [1.82, 2.24) is 10.2 Å². The van der Waals surface area contributed by atoms with Crippen molar-refractivity contribution in [3.8, 4) is 0 Å². The minimum absolute atomic E-state index is 0.0508. The summed E-state index contributed by atoms with van der Waals surface area (Å²) in [4.78, 5) is 34.8. The van der Waals surface area contributed by atoms with Crippen molar-refractivity contribution in [2.75, 3.05) is 19.6 Å². The summed E-state index contributed by atoms with van der Waals surface area (Å²) in [5, 5.41) is 10.8. The normalized spacial score (nSPS) is 30.4. The van der Waals surface area contributed by atoms with Gasteiger partial charge in [0.15, 0.2) is 0 Å². The van der Waals surface area contributed by atoms with Gasteiger partial charge in [-0.3, -0.25) is 19.7 Å². The van der Waals surface area contributed by atoms with Gasteiger partial charge in [0.1, 0.15) is 0 Å². The van der Waals surface area contributed by atoms with Gasteiger partial charge < -0.3 is 10.0 Å². The van der Waals surface area contributed by atoms with Crippen molar-refractivity contribution in [2.45, 2.75) is 6.42 Å². The number of hydrogen-bond acceptors (Lipinski definition) is 4. The number of imide groups is 1. The highest BCUT2D eigenvalue weighted by Crippen LogP contribution is 2.28. The summed E-state index contributed by atoms with van der Waals surface area (Å²) in [6.45, 7) is 1.40. The Kier molecular flexibility index (Phi) is 2.44. The number of aliphatic carboxylic acids is 1. The highest BCUT2D eigenvalue weighted by atomic mass is 16.4. The van der Waals surface area contributed by atoms with Crippen molar-refractivity contribution in [3.05, 3.63) is 0 Å². The molecule has 6 nitrogen and oxygen atoms in total. The van der Waals surface area contributed by atoms with E-state index < -0.39 is 5.97 Å². The van der Waals surface area contributed by atoms with Crippen LogP contribution in [0.15, 0.2) is 0 Å². The van der Waals surface area contributed by atoms with Crippen molar-refractivity contribution in [3.63, 3.8) is 0 Å². The van der Waals surface area contributed by atoms with Crippen LogP contribution >= 0.6 is 0 Å². The van der Waals surface area contributed by atoms with Crippen LogP contribution in [0.25, 0.3) is 0 Å². The van der Waals surface area contributed by atoms with E-state index in [2.05, 4.69) is 5.32 Å². The van der Waals surface area contributed by atoms with Crippen molar-refractivity contribution < 1.29 is 19.5 Å². The van der Waals surface area contributed by atoms with E-state index in [0.717, 1.165) is 0 Å². The SMILES string of the molecule is O=C(O)CCN1C[C@@H]2C(=O)NC(=O)[C@@H]2C1. The zero-order chi connectivity index (χ0) is 11.0. The highest BCUT2D eigenvalue weighted by molar-refractivity contribution is 6.05. The van der Waals surface area contributed by atoms with E-state index in [0.29, 0.717) is 19.6 Å². The predicted octanol–water partition coefficient (Wildman–Crippen LogP) is -1.33. The third kappa shape index (κ3) is 1.85. The molecule has 2 aliphatic heterocycles. The standard InChI is InChI=1S/C9H12N2O4/c12-7(13)1-2-11-3-5-6(4-11)9(15)10-8(5)14/h5-6H,1-4H2,(H,12,13)(H,10,14,15)/t5-,6+. The molecule has 2 fully saturated rings. The van der Waals surface area contributed by atoms with E-state index in [1.54, 1.807) is 0 Å². The van der Waals surface area contributed by atoms with Crippen LogP contribution in [0.3, 0.4) is 0 Å². The molecule has 0 aromatic carbocycles. The zero-order valence-corrected chi connectivity index (χ0v) is 8.10. The second kappa shape index (κ2) is 3.62. The average molecular weight is 212 g/mol. The first kappa shape index (κ1) is 10.1. The predicted molar refractivity (Wildman–Crippen MR) is 48.8 cm³/mol. The molecule has 6 heteroatoms. The highest BCUT2D eigenvalue weighted by Gasteiger charge is 2.47. The van der Waals surface area contributed by atoms with Crippen molar-refractivity contribution in [1.29, 1.82) is 0 Å². The Morgan fingerprint density at radius 1 is 1.33 bits per heavy atom. The number of rotatable bonds is 3. The fraction of sp³-hybridized carbons (Fsp3) is 0.667. The van der Waals surface area contributed by atoms with Gasteiger partial charge in [0.25, 0.3) is 0 Å². The molecule has 2 saturated heterocycles. The molecule has 0 radical (unpaired) electrons. The maximum absolute atomic E-state index is 11.3. The van der Waals surface area contributed by atoms with Gasteiger partial charge in [0, 0.05) is 19.6 Å². The molecule has 0 spiro atoms. The molecule has 0 bridgehead atoms. The summed E-state index contributed by atoms with van der Waals surface area (Å²) in [6, 6.07) is 0. The number of amides is 2. The number of likely N-dealkylation sites (tertiary alicyclic amines) is 1. The number of carboxylic acid groups (broad SMARTS) is 1. The minimum atomic E-state index is -0.858. The molecule has 2 heterocycles. The summed E-state index contributed by atoms with van der Waals surface area (Å²) in [5.41, 5.74) is 0. The van der Waals surface area contributed by atoms with E-state index in [-0.39, 0.29) is 30.1 Å². The molecule has 15 heavy (non-hydrogen) atoms. The van der Waals surface area contributed by atoms with Gasteiger partial charge in [-0.1, -0.05) is 0 Å². The summed E-state index contributed by atoms with van der Waals surface area (Å²) in [5.74, 6) is -1.84. The largest absolute Gasteiger partial charge is 0.481 e. The van der Waals surface area contributed by atoms with E-state index in [1.807, 2.05) is 4.90 Å². The Morgan fingerprint density at radius 3 is 2.33 bits per heavy atom. The summed E-state index contributed by atoms with van der Waals surface area (Å²) in [6.07, 6.45) is 0.0508. The summed E-state index contributed by atoms with van der Waals surface area (Å²) in [7, 11) is 0. The van der Waals surface area contributed by atoms with Gasteiger partial charge in [-0.2, -0.15) is 0 Å². The molecule has 2 amide bonds. The van der Waals surface area contributed by atoms with Gasteiger partial charge in [0.2, 0.25) is 11.8 Å². The number of nitrogens with zero attached hydrogens (tertiary/aromatic N) is 1. The quantitative estimate of drug-likeness (QED) is 0.566. The molecule has 2 aliphatic rings. The lowest BCUT2D eigenvalue weighted by molar-refractivity contribution is -0.137. The van der Waals surface area contributed by atoms with Crippen LogP contribution < -0.4 is 5.32 Å². The van der Waals surface area contributed by atoms with Gasteiger partial charge in [0.05, 0.1) is 18.3 Å². The third-order valence-corrected chi connectivity index (χ3v) is 2.96. The average Bonchev–Trinajstić information content (AvgIpc) is 2.66. The molecule has 0 saturated carbocycles. The lowest BCUT2D eigenvalue weighted by Crippen LogP contribution is -2.32. The smallest absolute Gasteiger partial charge is 0.304 e. The molecule has 0 unspecified atom stereocenters. The molecular formula is C9H12N2O4. The Balaban J connectivity index is 1.92. The van der Waals surface area contributed by atoms with Crippen LogP contribution in [0.1, 0.15) is 6.42 Å². The molecular weight excluding hydrogens is 200 g/mol. The van der Waals surface area contributed by atoms with Crippen LogP contribution in [0, 0.1) is 11.8 Å². The molecule has 0 aliphatic carbocycles. The van der Waals surface area contributed by atoms with Crippen LogP contribution in [0.2, 0.25) is 0 Å². The molecule has 2 atom stereocenters. The second-order valence-electron chi connectivity index (χ2n) is 3.97. The second-order valence-corrected chi connectivity index (χ2v) is 3.97. The molecule has 82 valence electrons. The number of hydrogen-bond donors (Lipinski definition) is 2. The van der Waals surface area contributed by atoms with Crippen LogP contribution in [-0.2, 0) is 14.4 Å². The first-order chi connectivity index (χ1) is 7.08. The van der Waals surface area contributed by atoms with Gasteiger partial charge in [-0.15, -0.1) is 0 Å². The van der Waals surface area contributed by atoms with E-state index >= 15 is 0 Å². The molecule has 0 aromatic rings. The monoisotopic (exact) mass is 212 g/mol. The van der Waals surface area contributed by atoms with Crippen LogP contribution in [-0.4, -0.2) is 47.4 Å². The Labute approximate surface area is 86.2 Å². The topological polar surface area (TPSA) is 86.7 Å². The Morgan fingerprint density at radius 2 is 1.87 bits per heavy atom. The molecule has 2 N–H and O–H groups in total. The number of nitrogens with one attached hydrogen (secondary N) is 1. The van der Waals surface area contributed by atoms with Gasteiger partial charge >= 0.3 is 5.97 Å². The zero-order valence-electron chi connectivity index (χ0n) is 8.10. The Hall–Kier alpha value is -1.43. The lowest BCUT2D eigenvalue weighted by Gasteiger charge is -2.14. The van der Waals surface area contributed by atoms with Crippen molar-refractivity contribution >= 4 is 17.8 Å². The fourth-order valence-corrected chi connectivity index (χ4v) is 2.16. The lowest BCUT2D eigenvalue weighted by atomic mass is 10.00. The van der Waals surface area contributed by atoms with Crippen molar-refractivity contribution in [2.24, 2.45) is 11.8 Å². The van der Waals surface area contributed by atoms with E-state index in [4.69, 9.17) is 5.11 Å². The number of carbonyl (C=O) groups excluding carboxylic acids is 2. The third-order valence-electron chi connectivity index (χ3n) is 2.96. The van der Waals surface area contributed by atoms with E-state index in [9.17, 15) is 14.4 Å². The fourth-order valence-electron chi connectivity index (χ4n) is 2.16. The summed E-state index contributed by atoms with van der Waals surface area (Å²) >= 11 is 0.